The van der Waals surface area contributed by atoms with Gasteiger partial charge in [-0.25, -0.2) is 10.9 Å². The van der Waals surface area contributed by atoms with Gasteiger partial charge in [-0.15, -0.1) is 0 Å². The van der Waals surface area contributed by atoms with Crippen LogP contribution in [0.25, 0.3) is 6.08 Å². The van der Waals surface area contributed by atoms with E-state index in [-0.39, 0.29) is 41.3 Å². The molecule has 0 aliphatic heterocycles. The second-order valence-electron chi connectivity index (χ2n) is 12.6. The minimum Gasteiger partial charge on any atom is -0.484 e. The maximum Gasteiger partial charge on any atom is 0.277 e. The summed E-state index contributed by atoms with van der Waals surface area (Å²) in [5.74, 6) is 0.538. The van der Waals surface area contributed by atoms with Crippen LogP contribution in [0.2, 0.25) is 0 Å². The van der Waals surface area contributed by atoms with Crippen LogP contribution >= 0.6 is 0 Å². The van der Waals surface area contributed by atoms with E-state index >= 15 is 0 Å². The summed E-state index contributed by atoms with van der Waals surface area (Å²) in [5, 5.41) is 7.48. The van der Waals surface area contributed by atoms with Crippen molar-refractivity contribution >= 4 is 30.8 Å². The molecule has 1 spiro atoms. The molecule has 5 rings (SSSR count). The van der Waals surface area contributed by atoms with Crippen molar-refractivity contribution in [3.05, 3.63) is 101 Å². The van der Waals surface area contributed by atoms with E-state index in [2.05, 4.69) is 86.3 Å². The van der Waals surface area contributed by atoms with Gasteiger partial charge in [0.1, 0.15) is 11.5 Å². The van der Waals surface area contributed by atoms with Crippen molar-refractivity contribution < 1.29 is 19.1 Å². The van der Waals surface area contributed by atoms with Gasteiger partial charge in [0.2, 0.25) is 0 Å². The summed E-state index contributed by atoms with van der Waals surface area (Å²) in [6.07, 6.45) is 5.18. The second kappa shape index (κ2) is 11.5. The van der Waals surface area contributed by atoms with Crippen molar-refractivity contribution in [2.24, 2.45) is 10.2 Å². The lowest BCUT2D eigenvalue weighted by atomic mass is 9.72. The van der Waals surface area contributed by atoms with Gasteiger partial charge in [0.05, 0.1) is 6.21 Å². The maximum atomic E-state index is 12.5. The van der Waals surface area contributed by atoms with Gasteiger partial charge < -0.3 is 9.47 Å². The third-order valence-electron chi connectivity index (χ3n) is 8.45. The Morgan fingerprint density at radius 1 is 0.791 bits per heavy atom. The molecule has 8 nitrogen and oxygen atoms in total. The van der Waals surface area contributed by atoms with Crippen LogP contribution in [0.1, 0.15) is 73.9 Å². The molecule has 1 atom stereocenters. The molecular weight excluding hydrogens is 540 g/mol. The summed E-state index contributed by atoms with van der Waals surface area (Å²) < 4.78 is 11.8. The first-order valence-electron chi connectivity index (χ1n) is 14.3. The van der Waals surface area contributed by atoms with Gasteiger partial charge in [-0.1, -0.05) is 70.7 Å². The molecule has 0 saturated heterocycles. The quantitative estimate of drug-likeness (QED) is 0.241. The lowest BCUT2D eigenvalue weighted by molar-refractivity contribution is -0.123. The maximum absolute atomic E-state index is 12.5. The van der Waals surface area contributed by atoms with Crippen LogP contribution in [0.3, 0.4) is 0 Å². The van der Waals surface area contributed by atoms with Crippen LogP contribution in [0.5, 0.6) is 11.5 Å². The van der Waals surface area contributed by atoms with E-state index in [1.54, 1.807) is 12.3 Å². The molecule has 1 unspecified atom stereocenters. The molecule has 2 N–H and O–H groups in total. The third kappa shape index (κ3) is 5.95. The average Bonchev–Trinajstić information content (AvgIpc) is 3.34. The molecule has 2 aliphatic rings. The number of hydrogen-bond acceptors (Lipinski definition) is 6. The van der Waals surface area contributed by atoms with Crippen molar-refractivity contribution in [1.29, 1.82) is 0 Å². The van der Waals surface area contributed by atoms with E-state index in [0.29, 0.717) is 11.5 Å². The SMILES string of the molecule is C=Cc1cccc(C=NNC(=O)COc2ccc3c(c2)C2(CC(C)(C)c4ccc(OCC(=O)NN=C)cc42)CC3(C)C)c1. The predicted molar refractivity (Wildman–Crippen MR) is 170 cm³/mol. The number of hydrazone groups is 2. The molecule has 2 amide bonds. The average molecular weight is 579 g/mol. The van der Waals surface area contributed by atoms with Gasteiger partial charge >= 0.3 is 0 Å². The molecule has 3 aromatic carbocycles. The van der Waals surface area contributed by atoms with Crippen molar-refractivity contribution in [2.75, 3.05) is 13.2 Å². The molecule has 0 bridgehead atoms. The third-order valence-corrected chi connectivity index (χ3v) is 8.45. The minimum absolute atomic E-state index is 0.0738. The largest absolute Gasteiger partial charge is 0.484 e. The monoisotopic (exact) mass is 578 g/mol. The summed E-state index contributed by atoms with van der Waals surface area (Å²) in [6.45, 7) is 15.8. The van der Waals surface area contributed by atoms with Gasteiger partial charge in [0, 0.05) is 12.1 Å². The summed E-state index contributed by atoms with van der Waals surface area (Å²) in [4.78, 5) is 24.5. The van der Waals surface area contributed by atoms with Gasteiger partial charge in [0.15, 0.2) is 13.2 Å². The minimum atomic E-state index is -0.365. The second-order valence-corrected chi connectivity index (χ2v) is 12.6. The normalized spacial score (nSPS) is 19.0. The molecule has 8 heteroatoms. The summed E-state index contributed by atoms with van der Waals surface area (Å²) in [6, 6.07) is 19.9. The van der Waals surface area contributed by atoms with Crippen LogP contribution in [0, 0.1) is 0 Å². The van der Waals surface area contributed by atoms with E-state index in [1.165, 1.54) is 22.3 Å². The Bertz CT molecular complexity index is 1620. The van der Waals surface area contributed by atoms with Crippen LogP contribution < -0.4 is 20.3 Å². The number of carbonyl (C=O) groups excluding carboxylic acids is 2. The number of rotatable bonds is 10. The van der Waals surface area contributed by atoms with Crippen molar-refractivity contribution in [3.63, 3.8) is 0 Å². The summed E-state index contributed by atoms with van der Waals surface area (Å²) >= 11 is 0. The van der Waals surface area contributed by atoms with Crippen LogP contribution in [0.4, 0.5) is 0 Å². The number of hydrogen-bond donors (Lipinski definition) is 2. The van der Waals surface area contributed by atoms with Crippen molar-refractivity contribution in [2.45, 2.75) is 56.8 Å². The van der Waals surface area contributed by atoms with Crippen LogP contribution in [-0.2, 0) is 25.8 Å². The summed E-state index contributed by atoms with van der Waals surface area (Å²) in [5.41, 5.74) is 11.2. The fourth-order valence-corrected chi connectivity index (χ4v) is 6.88. The van der Waals surface area contributed by atoms with Gasteiger partial charge in [-0.2, -0.15) is 10.2 Å². The first-order chi connectivity index (χ1) is 20.5. The van der Waals surface area contributed by atoms with Gasteiger partial charge in [-0.05, 0) is 87.4 Å². The van der Waals surface area contributed by atoms with Gasteiger partial charge in [0.25, 0.3) is 11.8 Å². The van der Waals surface area contributed by atoms with Crippen molar-refractivity contribution in [3.8, 4) is 11.5 Å². The standard InChI is InChI=1S/C35H38N4O4/c1-7-23-9-8-10-24(15-23)18-37-39-32(41)20-43-26-12-14-28-30(17-26)35(22-34(28,4)5)21-33(2,3)27-13-11-25(16-29(27)35)42-19-31(40)38-36-6/h7-18H,1,6,19-22H2,2-5H3,(H,38,40)(H,39,41). The Labute approximate surface area is 252 Å². The lowest BCUT2D eigenvalue weighted by Gasteiger charge is -2.30. The van der Waals surface area contributed by atoms with E-state index < -0.39 is 0 Å². The highest BCUT2D eigenvalue weighted by Gasteiger charge is 2.56. The molecule has 0 saturated carbocycles. The van der Waals surface area contributed by atoms with Crippen LogP contribution in [0.15, 0.2) is 77.4 Å². The van der Waals surface area contributed by atoms with Crippen molar-refractivity contribution in [1.82, 2.24) is 10.9 Å². The zero-order valence-electron chi connectivity index (χ0n) is 25.2. The number of fused-ring (bicyclic) bond motifs is 4. The highest BCUT2D eigenvalue weighted by atomic mass is 16.5. The first-order valence-corrected chi connectivity index (χ1v) is 14.3. The number of carbonyl (C=O) groups is 2. The van der Waals surface area contributed by atoms with E-state index in [0.717, 1.165) is 24.0 Å². The highest BCUT2D eigenvalue weighted by Crippen LogP contribution is 2.63. The van der Waals surface area contributed by atoms with E-state index in [9.17, 15) is 9.59 Å². The Morgan fingerprint density at radius 3 is 1.86 bits per heavy atom. The zero-order valence-corrected chi connectivity index (χ0v) is 25.2. The molecule has 43 heavy (non-hydrogen) atoms. The molecule has 0 radical (unpaired) electrons. The lowest BCUT2D eigenvalue weighted by Crippen LogP contribution is -2.27. The predicted octanol–water partition coefficient (Wildman–Crippen LogP) is 5.62. The first kappa shape index (κ1) is 29.8. The van der Waals surface area contributed by atoms with E-state index in [1.807, 2.05) is 36.4 Å². The van der Waals surface area contributed by atoms with E-state index in [4.69, 9.17) is 9.47 Å². The molecule has 0 fully saturated rings. The van der Waals surface area contributed by atoms with Crippen LogP contribution in [-0.4, -0.2) is 38.0 Å². The molecule has 0 heterocycles. The molecular formula is C35H38N4O4. The zero-order chi connectivity index (χ0) is 30.8. The number of amides is 2. The molecule has 222 valence electrons. The highest BCUT2D eigenvalue weighted by molar-refractivity contribution is 5.83. The molecule has 0 aromatic heterocycles. The molecule has 2 aliphatic carbocycles. The Morgan fingerprint density at radius 2 is 1.33 bits per heavy atom. The summed E-state index contributed by atoms with van der Waals surface area (Å²) in [7, 11) is 0. The number of nitrogens with one attached hydrogen (secondary N) is 2. The fourth-order valence-electron chi connectivity index (χ4n) is 6.88. The number of nitrogens with zero attached hydrogens (tertiary/aromatic N) is 2. The number of benzene rings is 3. The Hall–Kier alpha value is -4.72. The topological polar surface area (TPSA) is 101 Å². The Balaban J connectivity index is 1.37. The molecule has 3 aromatic rings. The van der Waals surface area contributed by atoms with Gasteiger partial charge in [-0.3, -0.25) is 9.59 Å². The fraction of sp³-hybridized carbons (Fsp3) is 0.314. The smallest absolute Gasteiger partial charge is 0.277 e. The Kier molecular flexibility index (Phi) is 7.97. The number of ether oxygens (including phenoxy) is 2.